The van der Waals surface area contributed by atoms with E-state index in [4.69, 9.17) is 4.74 Å². The van der Waals surface area contributed by atoms with Gasteiger partial charge in [-0.1, -0.05) is 6.42 Å². The Hall–Kier alpha value is -1.07. The second-order valence-corrected chi connectivity index (χ2v) is 6.15. The van der Waals surface area contributed by atoms with E-state index < -0.39 is 0 Å². The molecule has 1 aromatic rings. The Morgan fingerprint density at radius 2 is 2.10 bits per heavy atom. The van der Waals surface area contributed by atoms with Gasteiger partial charge >= 0.3 is 0 Å². The van der Waals surface area contributed by atoms with Gasteiger partial charge in [-0.05, 0) is 32.7 Å². The van der Waals surface area contributed by atoms with E-state index in [-0.39, 0.29) is 0 Å². The lowest BCUT2D eigenvalue weighted by Gasteiger charge is -2.47. The second kappa shape index (κ2) is 6.14. The zero-order valence-electron chi connectivity index (χ0n) is 12.6. The first-order valence-electron chi connectivity index (χ1n) is 7.76. The highest BCUT2D eigenvalue weighted by atomic mass is 16.5. The van der Waals surface area contributed by atoms with Gasteiger partial charge in [-0.25, -0.2) is 4.98 Å². The topological polar surface area (TPSA) is 42.3 Å². The maximum absolute atomic E-state index is 5.15. The minimum absolute atomic E-state index is 0.560. The molecule has 0 aliphatic carbocycles. The van der Waals surface area contributed by atoms with Crippen molar-refractivity contribution in [3.8, 4) is 0 Å². The Bertz CT molecular complexity index is 419. The largest absolute Gasteiger partial charge is 0.383 e. The highest BCUT2D eigenvalue weighted by Gasteiger charge is 2.36. The van der Waals surface area contributed by atoms with Gasteiger partial charge in [0.2, 0.25) is 5.95 Å². The summed E-state index contributed by atoms with van der Waals surface area (Å²) in [6.45, 7) is 1.59. The zero-order chi connectivity index (χ0) is 13.9. The molecule has 0 spiro atoms. The number of methoxy groups -OCH3 is 1. The van der Waals surface area contributed by atoms with Crippen LogP contribution in [0.2, 0.25) is 0 Å². The van der Waals surface area contributed by atoms with E-state index in [2.05, 4.69) is 26.8 Å². The summed E-state index contributed by atoms with van der Waals surface area (Å²) >= 11 is 0. The van der Waals surface area contributed by atoms with Crippen LogP contribution in [0.4, 0.5) is 5.95 Å². The zero-order valence-corrected chi connectivity index (χ0v) is 12.6. The summed E-state index contributed by atoms with van der Waals surface area (Å²) in [5.41, 5.74) is 0. The van der Waals surface area contributed by atoms with Crippen LogP contribution in [-0.2, 0) is 11.3 Å². The first kappa shape index (κ1) is 13.9. The molecule has 2 atom stereocenters. The number of piperidine rings is 2. The summed E-state index contributed by atoms with van der Waals surface area (Å²) in [5, 5.41) is 3.66. The molecule has 2 aliphatic heterocycles. The lowest BCUT2D eigenvalue weighted by Crippen LogP contribution is -2.53. The second-order valence-electron chi connectivity index (χ2n) is 6.15. The van der Waals surface area contributed by atoms with Gasteiger partial charge in [0.05, 0.1) is 6.61 Å². The fraction of sp³-hybridized carbons (Fsp3) is 0.800. The standard InChI is InChI=1S/C15H26N4O/c1-18-13-4-3-5-14(18)11-12(10-13)17-15-16-6-7-19(15)8-9-20-2/h6-7,12-14H,3-5,8-11H2,1-2H3,(H,16,17). The van der Waals surface area contributed by atoms with Crippen LogP contribution < -0.4 is 5.32 Å². The molecule has 0 aromatic carbocycles. The third-order valence-corrected chi connectivity index (χ3v) is 4.92. The summed E-state index contributed by atoms with van der Waals surface area (Å²) in [6, 6.07) is 2.06. The molecule has 5 heteroatoms. The van der Waals surface area contributed by atoms with Crippen molar-refractivity contribution in [2.24, 2.45) is 0 Å². The van der Waals surface area contributed by atoms with Crippen LogP contribution in [0, 0.1) is 0 Å². The number of fused-ring (bicyclic) bond motifs is 2. The number of nitrogens with zero attached hydrogens (tertiary/aromatic N) is 3. The molecule has 3 rings (SSSR count). The monoisotopic (exact) mass is 278 g/mol. The number of aromatic nitrogens is 2. The number of imidazole rings is 1. The van der Waals surface area contributed by atoms with Crippen molar-refractivity contribution < 1.29 is 4.74 Å². The number of nitrogens with one attached hydrogen (secondary N) is 1. The third-order valence-electron chi connectivity index (χ3n) is 4.92. The van der Waals surface area contributed by atoms with Crippen LogP contribution in [0.15, 0.2) is 12.4 Å². The minimum atomic E-state index is 0.560. The molecule has 20 heavy (non-hydrogen) atoms. The van der Waals surface area contributed by atoms with Crippen LogP contribution in [0.3, 0.4) is 0 Å². The summed E-state index contributed by atoms with van der Waals surface area (Å²) < 4.78 is 7.30. The van der Waals surface area contributed by atoms with Gasteiger partial charge in [-0.3, -0.25) is 0 Å². The quantitative estimate of drug-likeness (QED) is 0.894. The fourth-order valence-corrected chi connectivity index (χ4v) is 3.74. The van der Waals surface area contributed by atoms with E-state index >= 15 is 0 Å². The molecular formula is C15H26N4O. The van der Waals surface area contributed by atoms with Gasteiger partial charge in [-0.2, -0.15) is 0 Å². The Morgan fingerprint density at radius 3 is 2.80 bits per heavy atom. The Labute approximate surface area is 121 Å². The number of hydrogen-bond acceptors (Lipinski definition) is 4. The van der Waals surface area contributed by atoms with E-state index in [9.17, 15) is 0 Å². The van der Waals surface area contributed by atoms with Crippen molar-refractivity contribution in [3.63, 3.8) is 0 Å². The average Bonchev–Trinajstić information content (AvgIpc) is 2.85. The number of hydrogen-bond donors (Lipinski definition) is 1. The van der Waals surface area contributed by atoms with E-state index in [0.29, 0.717) is 6.04 Å². The molecule has 0 radical (unpaired) electrons. The molecule has 0 saturated carbocycles. The van der Waals surface area contributed by atoms with E-state index in [1.54, 1.807) is 7.11 Å². The minimum Gasteiger partial charge on any atom is -0.383 e. The molecule has 5 nitrogen and oxygen atoms in total. The smallest absolute Gasteiger partial charge is 0.203 e. The molecule has 2 fully saturated rings. The lowest BCUT2D eigenvalue weighted by molar-refractivity contribution is 0.0606. The molecule has 2 unspecified atom stereocenters. The molecule has 2 saturated heterocycles. The van der Waals surface area contributed by atoms with Gasteiger partial charge in [0.25, 0.3) is 0 Å². The van der Waals surface area contributed by atoms with Gasteiger partial charge in [0.1, 0.15) is 0 Å². The maximum Gasteiger partial charge on any atom is 0.203 e. The maximum atomic E-state index is 5.15. The first-order valence-corrected chi connectivity index (χ1v) is 7.76. The summed E-state index contributed by atoms with van der Waals surface area (Å²) in [6.07, 6.45) is 10.5. The van der Waals surface area contributed by atoms with E-state index in [0.717, 1.165) is 31.2 Å². The van der Waals surface area contributed by atoms with Gasteiger partial charge in [-0.15, -0.1) is 0 Å². The summed E-state index contributed by atoms with van der Waals surface area (Å²) in [5.74, 6) is 0.995. The van der Waals surface area contributed by atoms with E-state index in [1.165, 1.54) is 32.1 Å². The van der Waals surface area contributed by atoms with Crippen molar-refractivity contribution in [3.05, 3.63) is 12.4 Å². The number of rotatable bonds is 5. The van der Waals surface area contributed by atoms with Crippen LogP contribution in [0.1, 0.15) is 32.1 Å². The molecule has 0 amide bonds. The molecule has 1 aromatic heterocycles. The predicted molar refractivity (Wildman–Crippen MR) is 79.9 cm³/mol. The van der Waals surface area contributed by atoms with Crippen LogP contribution in [-0.4, -0.2) is 53.3 Å². The molecule has 2 aliphatic rings. The first-order chi connectivity index (χ1) is 9.78. The normalized spacial score (nSPS) is 30.4. The van der Waals surface area contributed by atoms with Crippen molar-refractivity contribution in [1.82, 2.24) is 14.5 Å². The number of anilines is 1. The van der Waals surface area contributed by atoms with Gasteiger partial charge < -0.3 is 19.5 Å². The van der Waals surface area contributed by atoms with Crippen LogP contribution >= 0.6 is 0 Å². The average molecular weight is 278 g/mol. The Kier molecular flexibility index (Phi) is 4.27. The summed E-state index contributed by atoms with van der Waals surface area (Å²) in [4.78, 5) is 7.06. The van der Waals surface area contributed by atoms with Crippen LogP contribution in [0.25, 0.3) is 0 Å². The Morgan fingerprint density at radius 1 is 1.35 bits per heavy atom. The molecule has 112 valence electrons. The predicted octanol–water partition coefficient (Wildman–Crippen LogP) is 1.96. The Balaban J connectivity index is 1.62. The van der Waals surface area contributed by atoms with Gasteiger partial charge in [0.15, 0.2) is 0 Å². The highest BCUT2D eigenvalue weighted by molar-refractivity contribution is 5.28. The van der Waals surface area contributed by atoms with Crippen molar-refractivity contribution in [1.29, 1.82) is 0 Å². The lowest BCUT2D eigenvalue weighted by atomic mass is 9.82. The molecular weight excluding hydrogens is 252 g/mol. The van der Waals surface area contributed by atoms with Crippen molar-refractivity contribution in [2.45, 2.75) is 56.8 Å². The number of ether oxygens (including phenoxy) is 1. The van der Waals surface area contributed by atoms with Crippen molar-refractivity contribution >= 4 is 5.95 Å². The third kappa shape index (κ3) is 2.83. The van der Waals surface area contributed by atoms with Crippen LogP contribution in [0.5, 0.6) is 0 Å². The highest BCUT2D eigenvalue weighted by Crippen LogP contribution is 2.33. The molecule has 3 heterocycles. The van der Waals surface area contributed by atoms with Crippen molar-refractivity contribution in [2.75, 3.05) is 26.1 Å². The molecule has 2 bridgehead atoms. The fourth-order valence-electron chi connectivity index (χ4n) is 3.74. The van der Waals surface area contributed by atoms with E-state index in [1.807, 2.05) is 12.4 Å². The SMILES string of the molecule is COCCn1ccnc1NC1CC2CCCC(C1)N2C. The summed E-state index contributed by atoms with van der Waals surface area (Å²) in [7, 11) is 4.03. The molecule has 1 N–H and O–H groups in total. The van der Waals surface area contributed by atoms with Gasteiger partial charge in [0, 0.05) is 44.2 Å².